The van der Waals surface area contributed by atoms with Crippen LogP contribution in [0.3, 0.4) is 0 Å². The molecule has 97 heavy (non-hydrogen) atoms. The zero-order chi connectivity index (χ0) is 71.7. The molecule has 3 N–H and O–H groups in total. The van der Waals surface area contributed by atoms with E-state index in [4.69, 9.17) is 37.0 Å². The van der Waals surface area contributed by atoms with Gasteiger partial charge in [0.2, 0.25) is 0 Å². The van der Waals surface area contributed by atoms with E-state index in [0.717, 1.165) is 114 Å². The average Bonchev–Trinajstić information content (AvgIpc) is 1.24. The molecule has 0 amide bonds. The first-order valence-electron chi connectivity index (χ1n) is 40.2. The van der Waals surface area contributed by atoms with Gasteiger partial charge < -0.3 is 33.8 Å². The fraction of sp³-hybridized carbons (Fsp3) is 0.949. The van der Waals surface area contributed by atoms with Gasteiger partial charge in [-0.3, -0.25) is 37.3 Å². The van der Waals surface area contributed by atoms with Gasteiger partial charge in [-0.25, -0.2) is 9.13 Å². The maximum atomic E-state index is 13.1. The number of carbonyl (C=O) groups is 4. The van der Waals surface area contributed by atoms with E-state index in [0.29, 0.717) is 31.6 Å². The molecule has 0 aromatic heterocycles. The van der Waals surface area contributed by atoms with Crippen molar-refractivity contribution >= 4 is 39.5 Å². The van der Waals surface area contributed by atoms with Gasteiger partial charge in [0.05, 0.1) is 26.4 Å². The first-order chi connectivity index (χ1) is 46.6. The molecule has 3 unspecified atom stereocenters. The quantitative estimate of drug-likeness (QED) is 0.0222. The fourth-order valence-electron chi connectivity index (χ4n) is 11.9. The molecule has 576 valence electrons. The maximum absolute atomic E-state index is 13.1. The van der Waals surface area contributed by atoms with Crippen LogP contribution in [-0.2, 0) is 65.4 Å². The Morgan fingerprint density at radius 2 is 0.433 bits per heavy atom. The van der Waals surface area contributed by atoms with Gasteiger partial charge in [-0.2, -0.15) is 0 Å². The number of hydrogen-bond acceptors (Lipinski definition) is 15. The van der Waals surface area contributed by atoms with Crippen LogP contribution >= 0.6 is 15.6 Å². The fourth-order valence-corrected chi connectivity index (χ4v) is 13.5. The van der Waals surface area contributed by atoms with Crippen LogP contribution in [0.2, 0.25) is 0 Å². The molecule has 0 spiro atoms. The molecule has 0 aromatic carbocycles. The van der Waals surface area contributed by atoms with Crippen LogP contribution < -0.4 is 0 Å². The van der Waals surface area contributed by atoms with Crippen LogP contribution in [0.1, 0.15) is 396 Å². The summed E-state index contributed by atoms with van der Waals surface area (Å²) in [5, 5.41) is 10.6. The Balaban J connectivity index is 5.20. The van der Waals surface area contributed by atoms with Gasteiger partial charge >= 0.3 is 39.5 Å². The number of esters is 4. The number of phosphoric ester groups is 2. The molecular weight excluding hydrogens is 1270 g/mol. The Labute approximate surface area is 594 Å². The Morgan fingerprint density at radius 1 is 0.258 bits per heavy atom. The summed E-state index contributed by atoms with van der Waals surface area (Å²) >= 11 is 0. The van der Waals surface area contributed by atoms with Crippen LogP contribution in [0, 0.1) is 23.7 Å². The minimum atomic E-state index is -4.96. The minimum Gasteiger partial charge on any atom is -0.462 e. The standard InChI is InChI=1S/C78H152O17P2/c1-68(2)54-46-38-30-23-17-15-13-11-9-10-12-14-16-18-27-35-44-52-60-77(82)95-74(65-89-76(81)59-51-43-37-29-33-41-49-57-71(7)8)67-93-97(86,87)91-63-72(79)62-90-96(84,85)92-66-73(94-78(83)61-53-45-36-28-22-20-25-32-40-48-56-70(5)6)64-88-75(80)58-50-42-34-26-21-19-24-31-39-47-55-69(3)4/h68-74,79H,9-67H2,1-8H3,(H,84,85)(H,86,87)/t72?,73-,74-/m1/s1. The highest BCUT2D eigenvalue weighted by Gasteiger charge is 2.30. The van der Waals surface area contributed by atoms with Crippen LogP contribution in [0.5, 0.6) is 0 Å². The molecule has 0 heterocycles. The van der Waals surface area contributed by atoms with Gasteiger partial charge in [-0.05, 0) is 49.4 Å². The highest BCUT2D eigenvalue weighted by atomic mass is 31.2. The molecule has 0 aliphatic carbocycles. The van der Waals surface area contributed by atoms with E-state index in [-0.39, 0.29) is 25.7 Å². The van der Waals surface area contributed by atoms with Crippen molar-refractivity contribution in [1.82, 2.24) is 0 Å². The smallest absolute Gasteiger partial charge is 0.462 e. The topological polar surface area (TPSA) is 237 Å². The summed E-state index contributed by atoms with van der Waals surface area (Å²) in [4.78, 5) is 72.9. The lowest BCUT2D eigenvalue weighted by molar-refractivity contribution is -0.161. The number of unbranched alkanes of at least 4 members (excludes halogenated alkanes) is 41. The summed E-state index contributed by atoms with van der Waals surface area (Å²) in [6, 6.07) is 0. The van der Waals surface area contributed by atoms with Crippen LogP contribution in [0.25, 0.3) is 0 Å². The third-order valence-electron chi connectivity index (χ3n) is 18.1. The normalized spacial score (nSPS) is 14.1. The number of carbonyl (C=O) groups excluding carboxylic acids is 4. The van der Waals surface area contributed by atoms with Gasteiger partial charge in [0.1, 0.15) is 19.3 Å². The van der Waals surface area contributed by atoms with E-state index in [2.05, 4.69) is 55.4 Å². The second kappa shape index (κ2) is 67.2. The predicted octanol–water partition coefficient (Wildman–Crippen LogP) is 22.8. The molecule has 17 nitrogen and oxygen atoms in total. The minimum absolute atomic E-state index is 0.105. The van der Waals surface area contributed by atoms with E-state index in [9.17, 15) is 43.2 Å². The first-order valence-corrected chi connectivity index (χ1v) is 43.2. The highest BCUT2D eigenvalue weighted by molar-refractivity contribution is 7.47. The number of aliphatic hydroxyl groups is 1. The Bertz CT molecular complexity index is 1900. The van der Waals surface area contributed by atoms with E-state index < -0.39 is 97.5 Å². The van der Waals surface area contributed by atoms with Crippen molar-refractivity contribution in [2.45, 2.75) is 414 Å². The van der Waals surface area contributed by atoms with Crippen LogP contribution in [-0.4, -0.2) is 96.7 Å². The molecule has 0 radical (unpaired) electrons. The van der Waals surface area contributed by atoms with Crippen molar-refractivity contribution in [1.29, 1.82) is 0 Å². The zero-order valence-electron chi connectivity index (χ0n) is 63.7. The van der Waals surface area contributed by atoms with Gasteiger partial charge in [-0.1, -0.05) is 344 Å². The maximum Gasteiger partial charge on any atom is 0.472 e. The van der Waals surface area contributed by atoms with Crippen molar-refractivity contribution in [2.24, 2.45) is 23.7 Å². The second-order valence-electron chi connectivity index (χ2n) is 30.0. The number of hydrogen-bond donors (Lipinski definition) is 3. The Hall–Kier alpha value is -1.94. The SMILES string of the molecule is CC(C)CCCCCCCCCCCCCCCCCCCCC(=O)O[C@H](COC(=O)CCCCCCCCCC(C)C)COP(=O)(O)OCC(O)COP(=O)(O)OC[C@@H](COC(=O)CCCCCCCCCCCCC(C)C)OC(=O)CCCCCCCCCCCCC(C)C. The predicted molar refractivity (Wildman–Crippen MR) is 395 cm³/mol. The van der Waals surface area contributed by atoms with Crippen molar-refractivity contribution in [3.05, 3.63) is 0 Å². The van der Waals surface area contributed by atoms with Gasteiger partial charge in [-0.15, -0.1) is 0 Å². The summed E-state index contributed by atoms with van der Waals surface area (Å²) in [6.45, 7) is 14.2. The molecular formula is C78H152O17P2. The van der Waals surface area contributed by atoms with E-state index in [1.165, 1.54) is 193 Å². The van der Waals surface area contributed by atoms with Crippen LogP contribution in [0.15, 0.2) is 0 Å². The summed E-state index contributed by atoms with van der Waals surface area (Å²) in [5.41, 5.74) is 0. The van der Waals surface area contributed by atoms with Crippen molar-refractivity contribution < 1.29 is 80.2 Å². The third-order valence-corrected chi connectivity index (χ3v) is 20.0. The zero-order valence-corrected chi connectivity index (χ0v) is 65.5. The summed E-state index contributed by atoms with van der Waals surface area (Å²) in [7, 11) is -9.92. The Kier molecular flexibility index (Phi) is 65.9. The van der Waals surface area contributed by atoms with Gasteiger partial charge in [0, 0.05) is 25.7 Å². The lowest BCUT2D eigenvalue weighted by atomic mass is 10.0. The van der Waals surface area contributed by atoms with Crippen LogP contribution in [0.4, 0.5) is 0 Å². The van der Waals surface area contributed by atoms with Gasteiger partial charge in [0.15, 0.2) is 12.2 Å². The molecule has 0 fully saturated rings. The molecule has 0 aliphatic rings. The summed E-state index contributed by atoms with van der Waals surface area (Å²) in [6.07, 6.45) is 52.9. The second-order valence-corrected chi connectivity index (χ2v) is 32.9. The largest absolute Gasteiger partial charge is 0.472 e. The molecule has 0 saturated carbocycles. The van der Waals surface area contributed by atoms with Crippen molar-refractivity contribution in [3.8, 4) is 0 Å². The summed E-state index contributed by atoms with van der Waals surface area (Å²) in [5.74, 6) is 0.916. The third kappa shape index (κ3) is 72.2. The Morgan fingerprint density at radius 3 is 0.639 bits per heavy atom. The highest BCUT2D eigenvalue weighted by Crippen LogP contribution is 2.45. The summed E-state index contributed by atoms with van der Waals surface area (Å²) < 4.78 is 68.6. The van der Waals surface area contributed by atoms with Crippen molar-refractivity contribution in [3.63, 3.8) is 0 Å². The molecule has 5 atom stereocenters. The van der Waals surface area contributed by atoms with E-state index in [1.807, 2.05) is 0 Å². The first kappa shape index (κ1) is 95.1. The molecule has 0 bridgehead atoms. The number of rotatable bonds is 75. The molecule has 0 rings (SSSR count). The average molecular weight is 1420 g/mol. The number of phosphoric acid groups is 2. The van der Waals surface area contributed by atoms with Crippen molar-refractivity contribution in [2.75, 3.05) is 39.6 Å². The lowest BCUT2D eigenvalue weighted by Gasteiger charge is -2.21. The monoisotopic (exact) mass is 1420 g/mol. The lowest BCUT2D eigenvalue weighted by Crippen LogP contribution is -2.30. The molecule has 0 aliphatic heterocycles. The van der Waals surface area contributed by atoms with Gasteiger partial charge in [0.25, 0.3) is 0 Å². The van der Waals surface area contributed by atoms with E-state index in [1.54, 1.807) is 0 Å². The number of aliphatic hydroxyl groups excluding tert-OH is 1. The molecule has 19 heteroatoms. The molecule has 0 aromatic rings. The number of ether oxygens (including phenoxy) is 4. The molecule has 0 saturated heterocycles. The van der Waals surface area contributed by atoms with E-state index >= 15 is 0 Å².